The highest BCUT2D eigenvalue weighted by atomic mass is 79.9. The Morgan fingerprint density at radius 2 is 2.18 bits per heavy atom. The van der Waals surface area contributed by atoms with Crippen LogP contribution in [0.25, 0.3) is 0 Å². The molecule has 0 saturated carbocycles. The zero-order valence-corrected chi connectivity index (χ0v) is 11.6. The molecule has 2 rings (SSSR count). The van der Waals surface area contributed by atoms with Crippen LogP contribution < -0.4 is 5.32 Å². The number of nitrogens with one attached hydrogen (secondary N) is 1. The molecule has 0 aliphatic carbocycles. The first-order valence-electron chi connectivity index (χ1n) is 5.88. The van der Waals surface area contributed by atoms with Crippen molar-refractivity contribution in [3.8, 4) is 0 Å². The second-order valence-electron chi connectivity index (χ2n) is 4.67. The molecule has 17 heavy (non-hydrogen) atoms. The first-order valence-corrected chi connectivity index (χ1v) is 6.67. The first kappa shape index (κ1) is 13.0. The summed E-state index contributed by atoms with van der Waals surface area (Å²) in [7, 11) is 0. The minimum atomic E-state index is -0.239. The molecule has 3 unspecified atom stereocenters. The molecule has 0 spiro atoms. The molecule has 94 valence electrons. The molecule has 1 N–H and O–H groups in total. The molecular formula is C13H17BrFNO. The number of benzene rings is 1. The van der Waals surface area contributed by atoms with E-state index in [1.165, 1.54) is 6.07 Å². The van der Waals surface area contributed by atoms with Crippen molar-refractivity contribution in [2.24, 2.45) is 5.92 Å². The van der Waals surface area contributed by atoms with Crippen LogP contribution >= 0.6 is 15.9 Å². The summed E-state index contributed by atoms with van der Waals surface area (Å²) in [5.41, 5.74) is 1.01. The second-order valence-corrected chi connectivity index (χ2v) is 5.52. The van der Waals surface area contributed by atoms with Gasteiger partial charge in [-0.1, -0.05) is 13.0 Å². The van der Waals surface area contributed by atoms with Gasteiger partial charge in [-0.2, -0.15) is 0 Å². The summed E-state index contributed by atoms with van der Waals surface area (Å²) in [6.07, 6.45) is -0.000648. The maximum atomic E-state index is 13.2. The standard InChI is InChI=1S/C13H17BrFNO/c1-8-7-17-13(6-16-9(8)2)10-3-4-12(15)11(14)5-10/h3-5,8-9,13,16H,6-7H2,1-2H3. The molecule has 1 fully saturated rings. The van der Waals surface area contributed by atoms with E-state index in [-0.39, 0.29) is 11.9 Å². The maximum Gasteiger partial charge on any atom is 0.137 e. The quantitative estimate of drug-likeness (QED) is 0.859. The summed E-state index contributed by atoms with van der Waals surface area (Å²) in [4.78, 5) is 0. The molecule has 1 aliphatic rings. The minimum absolute atomic E-state index is 0.000648. The van der Waals surface area contributed by atoms with Crippen molar-refractivity contribution in [2.75, 3.05) is 13.2 Å². The second kappa shape index (κ2) is 5.46. The summed E-state index contributed by atoms with van der Waals surface area (Å²) in [5, 5.41) is 3.44. The van der Waals surface area contributed by atoms with E-state index in [1.54, 1.807) is 12.1 Å². The van der Waals surface area contributed by atoms with Crippen LogP contribution in [-0.4, -0.2) is 19.2 Å². The molecule has 3 atom stereocenters. The highest BCUT2D eigenvalue weighted by Crippen LogP contribution is 2.25. The average Bonchev–Trinajstić information content (AvgIpc) is 2.47. The van der Waals surface area contributed by atoms with E-state index in [2.05, 4.69) is 35.1 Å². The van der Waals surface area contributed by atoms with Gasteiger partial charge in [-0.3, -0.25) is 0 Å². The van der Waals surface area contributed by atoms with Gasteiger partial charge in [0.2, 0.25) is 0 Å². The molecule has 0 aromatic heterocycles. The number of rotatable bonds is 1. The highest BCUT2D eigenvalue weighted by Gasteiger charge is 2.22. The van der Waals surface area contributed by atoms with Crippen molar-refractivity contribution < 1.29 is 9.13 Å². The predicted octanol–water partition coefficient (Wildman–Crippen LogP) is 3.27. The molecule has 1 aromatic carbocycles. The minimum Gasteiger partial charge on any atom is -0.372 e. The summed E-state index contributed by atoms with van der Waals surface area (Å²) in [6.45, 7) is 5.83. The van der Waals surface area contributed by atoms with Crippen LogP contribution in [0.1, 0.15) is 25.5 Å². The third-order valence-corrected chi connectivity index (χ3v) is 3.96. The monoisotopic (exact) mass is 301 g/mol. The smallest absolute Gasteiger partial charge is 0.137 e. The Labute approximate surface area is 110 Å². The lowest BCUT2D eigenvalue weighted by molar-refractivity contribution is 0.0495. The van der Waals surface area contributed by atoms with Crippen molar-refractivity contribution in [2.45, 2.75) is 26.0 Å². The van der Waals surface area contributed by atoms with Crippen LogP contribution in [0, 0.1) is 11.7 Å². The molecule has 2 nitrogen and oxygen atoms in total. The molecule has 4 heteroatoms. The van der Waals surface area contributed by atoms with Crippen LogP contribution in [0.15, 0.2) is 22.7 Å². The molecule has 0 bridgehead atoms. The topological polar surface area (TPSA) is 21.3 Å². The van der Waals surface area contributed by atoms with Gasteiger partial charge >= 0.3 is 0 Å². The third-order valence-electron chi connectivity index (χ3n) is 3.35. The van der Waals surface area contributed by atoms with E-state index in [9.17, 15) is 4.39 Å². The van der Waals surface area contributed by atoms with Crippen molar-refractivity contribution in [3.63, 3.8) is 0 Å². The Hall–Kier alpha value is -0.450. The molecular weight excluding hydrogens is 285 g/mol. The predicted molar refractivity (Wildman–Crippen MR) is 69.4 cm³/mol. The fraction of sp³-hybridized carbons (Fsp3) is 0.538. The third kappa shape index (κ3) is 3.06. The Morgan fingerprint density at radius 1 is 1.41 bits per heavy atom. The lowest BCUT2D eigenvalue weighted by atomic mass is 10.1. The Morgan fingerprint density at radius 3 is 2.88 bits per heavy atom. The van der Waals surface area contributed by atoms with Crippen molar-refractivity contribution in [3.05, 3.63) is 34.1 Å². The fourth-order valence-electron chi connectivity index (χ4n) is 1.89. The molecule has 0 radical (unpaired) electrons. The van der Waals surface area contributed by atoms with Crippen molar-refractivity contribution in [1.82, 2.24) is 5.32 Å². The Kier molecular flexibility index (Phi) is 4.17. The zero-order chi connectivity index (χ0) is 12.4. The fourth-order valence-corrected chi connectivity index (χ4v) is 2.29. The lowest BCUT2D eigenvalue weighted by Crippen LogP contribution is -2.32. The number of hydrogen-bond acceptors (Lipinski definition) is 2. The lowest BCUT2D eigenvalue weighted by Gasteiger charge is -2.16. The van der Waals surface area contributed by atoms with E-state index >= 15 is 0 Å². The average molecular weight is 302 g/mol. The van der Waals surface area contributed by atoms with Gasteiger partial charge in [0.25, 0.3) is 0 Å². The van der Waals surface area contributed by atoms with Gasteiger partial charge in [0, 0.05) is 12.6 Å². The molecule has 1 aromatic rings. The van der Waals surface area contributed by atoms with Crippen LogP contribution in [0.5, 0.6) is 0 Å². The van der Waals surface area contributed by atoms with E-state index in [0.717, 1.165) is 18.7 Å². The van der Waals surface area contributed by atoms with Crippen LogP contribution in [0.4, 0.5) is 4.39 Å². The number of halogens is 2. The van der Waals surface area contributed by atoms with Gasteiger partial charge in [-0.15, -0.1) is 0 Å². The van der Waals surface area contributed by atoms with Gasteiger partial charge in [-0.05, 0) is 46.5 Å². The summed E-state index contributed by atoms with van der Waals surface area (Å²) in [6, 6.07) is 5.50. The normalized spacial score (nSPS) is 30.0. The van der Waals surface area contributed by atoms with Gasteiger partial charge in [0.1, 0.15) is 5.82 Å². The molecule has 1 aliphatic heterocycles. The van der Waals surface area contributed by atoms with E-state index < -0.39 is 0 Å². The van der Waals surface area contributed by atoms with Gasteiger partial charge in [-0.25, -0.2) is 4.39 Å². The number of hydrogen-bond donors (Lipinski definition) is 1. The van der Waals surface area contributed by atoms with E-state index in [1.807, 2.05) is 0 Å². The van der Waals surface area contributed by atoms with Gasteiger partial charge < -0.3 is 10.1 Å². The Bertz CT molecular complexity index is 387. The summed E-state index contributed by atoms with van der Waals surface area (Å²) < 4.78 is 19.5. The van der Waals surface area contributed by atoms with Gasteiger partial charge in [0.15, 0.2) is 0 Å². The molecule has 1 heterocycles. The largest absolute Gasteiger partial charge is 0.372 e. The maximum absolute atomic E-state index is 13.2. The first-order chi connectivity index (χ1) is 8.08. The van der Waals surface area contributed by atoms with Gasteiger partial charge in [0.05, 0.1) is 17.2 Å². The summed E-state index contributed by atoms with van der Waals surface area (Å²) in [5.74, 6) is 0.251. The number of ether oxygens (including phenoxy) is 1. The Balaban J connectivity index is 2.14. The van der Waals surface area contributed by atoms with Crippen LogP contribution in [0.2, 0.25) is 0 Å². The SMILES string of the molecule is CC1COC(c2ccc(F)c(Br)c2)CNC1C. The van der Waals surface area contributed by atoms with Crippen molar-refractivity contribution >= 4 is 15.9 Å². The molecule has 1 saturated heterocycles. The molecule has 0 amide bonds. The van der Waals surface area contributed by atoms with E-state index in [4.69, 9.17) is 4.74 Å². The van der Waals surface area contributed by atoms with Crippen LogP contribution in [-0.2, 0) is 4.74 Å². The summed E-state index contributed by atoms with van der Waals surface area (Å²) >= 11 is 3.20. The van der Waals surface area contributed by atoms with Crippen LogP contribution in [0.3, 0.4) is 0 Å². The highest BCUT2D eigenvalue weighted by molar-refractivity contribution is 9.10. The van der Waals surface area contributed by atoms with Crippen molar-refractivity contribution in [1.29, 1.82) is 0 Å². The van der Waals surface area contributed by atoms with E-state index in [0.29, 0.717) is 16.4 Å². The zero-order valence-electron chi connectivity index (χ0n) is 10.0.